The largest absolute Gasteiger partial charge is 0.493 e. The van der Waals surface area contributed by atoms with Crippen LogP contribution in [0.25, 0.3) is 5.69 Å². The van der Waals surface area contributed by atoms with Gasteiger partial charge in [0.05, 0.1) is 18.4 Å². The minimum absolute atomic E-state index is 0.0134. The highest BCUT2D eigenvalue weighted by Crippen LogP contribution is 2.37. The molecule has 0 atom stereocenters. The molecule has 26 heavy (non-hydrogen) atoms. The number of benzene rings is 1. The first-order chi connectivity index (χ1) is 12.2. The van der Waals surface area contributed by atoms with Crippen molar-refractivity contribution in [1.82, 2.24) is 14.1 Å². The lowest BCUT2D eigenvalue weighted by Gasteiger charge is -2.07. The molecule has 0 radical (unpaired) electrons. The molecule has 3 rings (SSSR count). The van der Waals surface area contributed by atoms with E-state index in [4.69, 9.17) is 5.73 Å². The number of alkyl halides is 3. The van der Waals surface area contributed by atoms with Gasteiger partial charge in [0.15, 0.2) is 0 Å². The second kappa shape index (κ2) is 6.79. The van der Waals surface area contributed by atoms with E-state index in [0.717, 1.165) is 4.57 Å². The first-order valence-corrected chi connectivity index (χ1v) is 8.12. The zero-order valence-electron chi connectivity index (χ0n) is 13.1. The van der Waals surface area contributed by atoms with E-state index in [0.29, 0.717) is 11.4 Å². The summed E-state index contributed by atoms with van der Waals surface area (Å²) in [5.41, 5.74) is 1.65. The number of nitrogens with two attached hydrogens (primary N) is 1. The van der Waals surface area contributed by atoms with Crippen molar-refractivity contribution in [3.63, 3.8) is 0 Å². The van der Waals surface area contributed by atoms with Crippen molar-refractivity contribution in [2.75, 3.05) is 5.73 Å². The molecule has 0 aliphatic carbocycles. The molecule has 0 fully saturated rings. The van der Waals surface area contributed by atoms with E-state index >= 15 is 0 Å². The summed E-state index contributed by atoms with van der Waals surface area (Å²) in [4.78, 5) is 16.4. The molecule has 10 heteroatoms. The van der Waals surface area contributed by atoms with Gasteiger partial charge in [-0.3, -0.25) is 4.57 Å². The topological polar surface area (TPSA) is 86.1 Å². The minimum Gasteiger partial charge on any atom is -0.493 e. The smallest absolute Gasteiger partial charge is 0.446 e. The Bertz CT molecular complexity index is 980. The van der Waals surface area contributed by atoms with E-state index in [2.05, 4.69) is 4.98 Å². The van der Waals surface area contributed by atoms with E-state index < -0.39 is 11.2 Å². The average molecular weight is 382 g/mol. The maximum atomic E-state index is 12.5. The van der Waals surface area contributed by atoms with Crippen LogP contribution in [0.2, 0.25) is 0 Å². The Balaban J connectivity index is 1.89. The Kier molecular flexibility index (Phi) is 4.68. The number of aromatic hydroxyl groups is 1. The van der Waals surface area contributed by atoms with Gasteiger partial charge in [-0.25, -0.2) is 14.3 Å². The number of rotatable bonds is 4. The van der Waals surface area contributed by atoms with Crippen LogP contribution in [-0.2, 0) is 6.54 Å². The molecule has 0 saturated carbocycles. The van der Waals surface area contributed by atoms with Crippen LogP contribution >= 0.6 is 11.8 Å². The molecule has 6 nitrogen and oxygen atoms in total. The minimum atomic E-state index is -4.39. The molecule has 1 aromatic carbocycles. The van der Waals surface area contributed by atoms with Crippen molar-refractivity contribution in [2.24, 2.45) is 0 Å². The fourth-order valence-electron chi connectivity index (χ4n) is 2.42. The first-order valence-electron chi connectivity index (χ1n) is 7.31. The molecule has 3 aromatic rings. The van der Waals surface area contributed by atoms with E-state index in [9.17, 15) is 23.1 Å². The highest BCUT2D eigenvalue weighted by Gasteiger charge is 2.29. The van der Waals surface area contributed by atoms with Gasteiger partial charge < -0.3 is 10.8 Å². The Morgan fingerprint density at radius 3 is 2.50 bits per heavy atom. The standard InChI is InChI=1S/C16H13F3N4O2S/c17-16(18,19)26-12-3-1-11(2-4-12)23-14(24)9-22(15(23)25)8-10-5-6-21-13(20)7-10/h1-7,9,24H,8H2,(H2,20,21). The summed E-state index contributed by atoms with van der Waals surface area (Å²) < 4.78 is 39.4. The second-order valence-electron chi connectivity index (χ2n) is 5.36. The predicted octanol–water partition coefficient (Wildman–Crippen LogP) is 2.98. The molecule has 0 spiro atoms. The molecular weight excluding hydrogens is 369 g/mol. The quantitative estimate of drug-likeness (QED) is 0.678. The van der Waals surface area contributed by atoms with Crippen LogP contribution in [0.3, 0.4) is 0 Å². The maximum absolute atomic E-state index is 12.5. The molecule has 0 aliphatic heterocycles. The Labute approximate surface area is 149 Å². The number of hydrogen-bond donors (Lipinski definition) is 2. The van der Waals surface area contributed by atoms with Gasteiger partial charge in [0.25, 0.3) is 0 Å². The average Bonchev–Trinajstić information content (AvgIpc) is 2.81. The summed E-state index contributed by atoms with van der Waals surface area (Å²) in [6, 6.07) is 8.43. The third-order valence-corrected chi connectivity index (χ3v) is 4.20. The molecule has 0 aliphatic rings. The molecule has 2 heterocycles. The maximum Gasteiger partial charge on any atom is 0.446 e. The number of nitrogens with zero attached hydrogens (tertiary/aromatic N) is 3. The van der Waals surface area contributed by atoms with Crippen LogP contribution < -0.4 is 11.4 Å². The van der Waals surface area contributed by atoms with Crippen molar-refractivity contribution >= 4 is 17.6 Å². The van der Waals surface area contributed by atoms with E-state index in [1.54, 1.807) is 12.1 Å². The monoisotopic (exact) mass is 382 g/mol. The number of nitrogen functional groups attached to an aromatic ring is 1. The second-order valence-corrected chi connectivity index (χ2v) is 6.50. The highest BCUT2D eigenvalue weighted by atomic mass is 32.2. The SMILES string of the molecule is Nc1cc(Cn2cc(O)n(-c3ccc(SC(F)(F)F)cc3)c2=O)ccn1. The molecule has 0 bridgehead atoms. The summed E-state index contributed by atoms with van der Waals surface area (Å²) in [6.07, 6.45) is 2.75. The third kappa shape index (κ3) is 4.02. The fourth-order valence-corrected chi connectivity index (χ4v) is 2.96. The number of hydrogen-bond acceptors (Lipinski definition) is 5. The Morgan fingerprint density at radius 2 is 1.88 bits per heavy atom. The van der Waals surface area contributed by atoms with E-state index in [-0.39, 0.29) is 34.8 Å². The molecule has 2 aromatic heterocycles. The van der Waals surface area contributed by atoms with Crippen molar-refractivity contribution in [2.45, 2.75) is 16.9 Å². The van der Waals surface area contributed by atoms with Gasteiger partial charge >= 0.3 is 11.2 Å². The van der Waals surface area contributed by atoms with Gasteiger partial charge in [-0.15, -0.1) is 0 Å². The summed E-state index contributed by atoms with van der Waals surface area (Å²) in [5.74, 6) is -0.0230. The normalized spacial score (nSPS) is 11.7. The van der Waals surface area contributed by atoms with E-state index in [1.807, 2.05) is 0 Å². The highest BCUT2D eigenvalue weighted by molar-refractivity contribution is 8.00. The molecule has 0 amide bonds. The summed E-state index contributed by atoms with van der Waals surface area (Å²) in [5, 5.41) is 10.1. The predicted molar refractivity (Wildman–Crippen MR) is 91.4 cm³/mol. The van der Waals surface area contributed by atoms with Crippen LogP contribution in [0.4, 0.5) is 19.0 Å². The first kappa shape index (κ1) is 17.9. The lowest BCUT2D eigenvalue weighted by Crippen LogP contribution is -2.23. The summed E-state index contributed by atoms with van der Waals surface area (Å²) in [6.45, 7) is 0.161. The fraction of sp³-hybridized carbons (Fsp3) is 0.125. The van der Waals surface area contributed by atoms with Crippen LogP contribution in [0.15, 0.2) is 58.5 Å². The number of aromatic nitrogens is 3. The van der Waals surface area contributed by atoms with Gasteiger partial charge in [0, 0.05) is 11.1 Å². The van der Waals surface area contributed by atoms with Gasteiger partial charge in [0.1, 0.15) is 5.82 Å². The summed E-state index contributed by atoms with van der Waals surface area (Å²) >= 11 is -0.251. The lowest BCUT2D eigenvalue weighted by molar-refractivity contribution is -0.0328. The van der Waals surface area contributed by atoms with Gasteiger partial charge in [-0.05, 0) is 53.7 Å². The Morgan fingerprint density at radius 1 is 1.19 bits per heavy atom. The molecule has 0 unspecified atom stereocenters. The van der Waals surface area contributed by atoms with Crippen molar-refractivity contribution in [3.05, 3.63) is 64.8 Å². The van der Waals surface area contributed by atoms with Crippen LogP contribution in [0, 0.1) is 0 Å². The summed E-state index contributed by atoms with van der Waals surface area (Å²) in [7, 11) is 0. The van der Waals surface area contributed by atoms with Gasteiger partial charge in [-0.2, -0.15) is 13.2 Å². The van der Waals surface area contributed by atoms with Gasteiger partial charge in [0.2, 0.25) is 5.88 Å². The number of halogens is 3. The Hall–Kier alpha value is -2.88. The number of pyridine rings is 1. The van der Waals surface area contributed by atoms with Crippen LogP contribution in [0.5, 0.6) is 5.88 Å². The van der Waals surface area contributed by atoms with Crippen LogP contribution in [-0.4, -0.2) is 24.7 Å². The lowest BCUT2D eigenvalue weighted by atomic mass is 10.2. The third-order valence-electron chi connectivity index (χ3n) is 3.46. The van der Waals surface area contributed by atoms with Crippen molar-refractivity contribution in [1.29, 1.82) is 0 Å². The molecule has 3 N–H and O–H groups in total. The van der Waals surface area contributed by atoms with Crippen molar-refractivity contribution in [3.8, 4) is 11.6 Å². The van der Waals surface area contributed by atoms with Crippen LogP contribution in [0.1, 0.15) is 5.56 Å². The van der Waals surface area contributed by atoms with E-state index in [1.165, 1.54) is 41.2 Å². The van der Waals surface area contributed by atoms with Gasteiger partial charge in [-0.1, -0.05) is 0 Å². The molecular formula is C16H13F3N4O2S. The molecule has 136 valence electrons. The molecule has 0 saturated heterocycles. The zero-order valence-corrected chi connectivity index (χ0v) is 14.0. The number of thioether (sulfide) groups is 1. The number of imidazole rings is 1. The number of anilines is 1. The van der Waals surface area contributed by atoms with Crippen molar-refractivity contribution < 1.29 is 18.3 Å². The zero-order chi connectivity index (χ0) is 18.9.